The normalized spacial score (nSPS) is 27.6. The van der Waals surface area contributed by atoms with Crippen LogP contribution in [0.2, 0.25) is 0 Å². The molecule has 1 aromatic carbocycles. The van der Waals surface area contributed by atoms with Gasteiger partial charge in [-0.3, -0.25) is 4.79 Å². The lowest BCUT2D eigenvalue weighted by molar-refractivity contribution is -0.141. The topological polar surface area (TPSA) is 86.5 Å². The van der Waals surface area contributed by atoms with Crippen LogP contribution in [-0.4, -0.2) is 20.9 Å². The molecular weight excluding hydrogens is 338 g/mol. The van der Waals surface area contributed by atoms with Crippen LogP contribution in [0, 0.1) is 36.5 Å². The molecule has 5 nitrogen and oxygen atoms in total. The molecule has 0 bridgehead atoms. The molecule has 0 spiro atoms. The maximum absolute atomic E-state index is 12.3. The molecule has 6 heteroatoms. The quantitative estimate of drug-likeness (QED) is 0.643. The fourth-order valence-corrected chi connectivity index (χ4v) is 4.85. The Hall–Kier alpha value is -2.10. The predicted octanol–water partition coefficient (Wildman–Crippen LogP) is 2.16. The van der Waals surface area contributed by atoms with E-state index in [1.54, 1.807) is 12.1 Å². The van der Waals surface area contributed by atoms with Crippen molar-refractivity contribution < 1.29 is 17.4 Å². The Balaban J connectivity index is 1.71. The number of allylic oxidation sites excluding steroid dienone is 2. The van der Waals surface area contributed by atoms with Gasteiger partial charge in [0.15, 0.2) is 0 Å². The highest BCUT2D eigenvalue weighted by Crippen LogP contribution is 2.59. The van der Waals surface area contributed by atoms with Crippen LogP contribution in [-0.2, 0) is 19.1 Å². The number of carbonyl (C=O) groups is 1. The van der Waals surface area contributed by atoms with Gasteiger partial charge in [-0.15, -0.1) is 6.42 Å². The number of terminal acetylenes is 1. The van der Waals surface area contributed by atoms with Crippen LogP contribution >= 0.6 is 0 Å². The molecule has 0 aromatic heterocycles. The molecule has 0 heterocycles. The smallest absolute Gasteiger partial charge is 0.341 e. The number of benzene rings is 1. The Morgan fingerprint density at radius 3 is 2.68 bits per heavy atom. The van der Waals surface area contributed by atoms with E-state index in [1.165, 1.54) is 12.1 Å². The molecule has 1 fully saturated rings. The Bertz CT molecular complexity index is 864. The maximum atomic E-state index is 12.3. The van der Waals surface area contributed by atoms with E-state index in [1.807, 2.05) is 13.0 Å². The first-order valence-corrected chi connectivity index (χ1v) is 9.62. The highest BCUT2D eigenvalue weighted by atomic mass is 32.2. The summed E-state index contributed by atoms with van der Waals surface area (Å²) in [7, 11) is -4.12. The summed E-state index contributed by atoms with van der Waals surface area (Å²) in [6.07, 6.45) is 9.03. The van der Waals surface area contributed by atoms with Gasteiger partial charge in [0.1, 0.15) is 4.90 Å². The van der Waals surface area contributed by atoms with Crippen molar-refractivity contribution in [2.75, 3.05) is 6.54 Å². The number of aryl methyl sites for hydroxylation is 1. The van der Waals surface area contributed by atoms with Crippen LogP contribution in [0.15, 0.2) is 40.8 Å². The average Bonchev–Trinajstić information content (AvgIpc) is 2.90. The molecule has 2 aliphatic carbocycles. The molecule has 2 N–H and O–H groups in total. The standard InChI is InChI=1S/C19H21NO4S/c1-3-14-8-15-10-19(12-20,17(15)9-14)11-18(21)24-25(22,23)16-6-4-13(2)5-7-16/h1,4-7,9,15,17H,8,10-12,20H2,2H3/t15-,17+,19+/m0/s1. The minimum Gasteiger partial charge on any atom is -0.342 e. The number of carbonyl (C=O) groups excluding carboxylic acids is 1. The van der Waals surface area contributed by atoms with Gasteiger partial charge in [0.25, 0.3) is 0 Å². The molecule has 2 aliphatic rings. The van der Waals surface area contributed by atoms with Crippen molar-refractivity contribution in [3.8, 4) is 12.3 Å². The molecule has 25 heavy (non-hydrogen) atoms. The van der Waals surface area contributed by atoms with E-state index in [9.17, 15) is 13.2 Å². The van der Waals surface area contributed by atoms with Crippen LogP contribution in [0.25, 0.3) is 0 Å². The third-order valence-corrected chi connectivity index (χ3v) is 6.60. The van der Waals surface area contributed by atoms with E-state index in [0.29, 0.717) is 12.5 Å². The van der Waals surface area contributed by atoms with Crippen LogP contribution in [0.5, 0.6) is 0 Å². The van der Waals surface area contributed by atoms with E-state index >= 15 is 0 Å². The van der Waals surface area contributed by atoms with Gasteiger partial charge in [-0.2, -0.15) is 8.42 Å². The number of hydrogen-bond acceptors (Lipinski definition) is 5. The lowest BCUT2D eigenvalue weighted by Crippen LogP contribution is -2.51. The molecule has 3 rings (SSSR count). The van der Waals surface area contributed by atoms with Crippen LogP contribution in [0.4, 0.5) is 0 Å². The van der Waals surface area contributed by atoms with Crippen molar-refractivity contribution in [2.24, 2.45) is 23.0 Å². The Labute approximate surface area is 148 Å². The van der Waals surface area contributed by atoms with Crippen LogP contribution in [0.3, 0.4) is 0 Å². The SMILES string of the molecule is C#CC1=C[C@@H]2[C@@H](C1)C[C@]2(CN)CC(=O)OS(=O)(=O)c1ccc(C)cc1. The summed E-state index contributed by atoms with van der Waals surface area (Å²) in [6.45, 7) is 2.14. The lowest BCUT2D eigenvalue weighted by Gasteiger charge is -2.51. The van der Waals surface area contributed by atoms with Gasteiger partial charge in [-0.1, -0.05) is 29.7 Å². The predicted molar refractivity (Wildman–Crippen MR) is 93.7 cm³/mol. The van der Waals surface area contributed by atoms with E-state index in [-0.39, 0.29) is 17.2 Å². The molecule has 1 aromatic rings. The molecule has 1 saturated carbocycles. The molecular formula is C19H21NO4S. The molecule has 0 unspecified atom stereocenters. The Morgan fingerprint density at radius 2 is 2.08 bits per heavy atom. The maximum Gasteiger partial charge on any atom is 0.341 e. The third kappa shape index (κ3) is 3.22. The molecule has 0 radical (unpaired) electrons. The number of nitrogens with two attached hydrogens (primary N) is 1. The summed E-state index contributed by atoms with van der Waals surface area (Å²) in [4.78, 5) is 12.3. The average molecular weight is 359 g/mol. The van der Waals surface area contributed by atoms with Gasteiger partial charge in [0.2, 0.25) is 0 Å². The van der Waals surface area contributed by atoms with Crippen molar-refractivity contribution in [1.29, 1.82) is 0 Å². The van der Waals surface area contributed by atoms with Crippen molar-refractivity contribution in [2.45, 2.75) is 31.1 Å². The fraction of sp³-hybridized carbons (Fsp3) is 0.421. The number of rotatable bonds is 5. The zero-order valence-electron chi connectivity index (χ0n) is 14.1. The van der Waals surface area contributed by atoms with Gasteiger partial charge < -0.3 is 9.92 Å². The fourth-order valence-electron chi connectivity index (χ4n) is 3.98. The molecule has 3 atom stereocenters. The summed E-state index contributed by atoms with van der Waals surface area (Å²) >= 11 is 0. The van der Waals surface area contributed by atoms with Gasteiger partial charge in [0, 0.05) is 0 Å². The first kappa shape index (κ1) is 17.7. The van der Waals surface area contributed by atoms with E-state index < -0.39 is 21.5 Å². The van der Waals surface area contributed by atoms with E-state index in [0.717, 1.165) is 24.0 Å². The summed E-state index contributed by atoms with van der Waals surface area (Å²) in [5, 5.41) is 0. The third-order valence-electron chi connectivity index (χ3n) is 5.35. The van der Waals surface area contributed by atoms with Crippen molar-refractivity contribution >= 4 is 16.1 Å². The molecule has 0 aliphatic heterocycles. The van der Waals surface area contributed by atoms with Gasteiger partial charge in [0.05, 0.1) is 6.42 Å². The highest BCUT2D eigenvalue weighted by molar-refractivity contribution is 7.87. The largest absolute Gasteiger partial charge is 0.342 e. The van der Waals surface area contributed by atoms with Crippen LogP contribution in [0.1, 0.15) is 24.8 Å². The lowest BCUT2D eigenvalue weighted by atomic mass is 9.53. The Kier molecular flexibility index (Phi) is 4.48. The minimum absolute atomic E-state index is 0.0237. The second-order valence-corrected chi connectivity index (χ2v) is 8.54. The van der Waals surface area contributed by atoms with Crippen molar-refractivity contribution in [3.63, 3.8) is 0 Å². The second-order valence-electron chi connectivity index (χ2n) is 7.00. The summed E-state index contributed by atoms with van der Waals surface area (Å²) in [5.74, 6) is 2.40. The number of hydrogen-bond donors (Lipinski definition) is 1. The van der Waals surface area contributed by atoms with Gasteiger partial charge >= 0.3 is 16.1 Å². The second kappa shape index (κ2) is 6.32. The monoisotopic (exact) mass is 359 g/mol. The molecule has 132 valence electrons. The van der Waals surface area contributed by atoms with Gasteiger partial charge in [-0.25, -0.2) is 0 Å². The zero-order valence-corrected chi connectivity index (χ0v) is 14.9. The summed E-state index contributed by atoms with van der Waals surface area (Å²) < 4.78 is 29.3. The molecule has 0 saturated heterocycles. The van der Waals surface area contributed by atoms with Crippen molar-refractivity contribution in [3.05, 3.63) is 41.5 Å². The van der Waals surface area contributed by atoms with Gasteiger partial charge in [-0.05, 0) is 61.3 Å². The Morgan fingerprint density at radius 1 is 1.40 bits per heavy atom. The summed E-state index contributed by atoms with van der Waals surface area (Å²) in [5.41, 5.74) is 7.32. The molecule has 0 amide bonds. The zero-order chi connectivity index (χ0) is 18.2. The van der Waals surface area contributed by atoms with E-state index in [4.69, 9.17) is 16.3 Å². The minimum atomic E-state index is -4.12. The highest BCUT2D eigenvalue weighted by Gasteiger charge is 2.55. The van der Waals surface area contributed by atoms with E-state index in [2.05, 4.69) is 5.92 Å². The van der Waals surface area contributed by atoms with Crippen LogP contribution < -0.4 is 5.73 Å². The summed E-state index contributed by atoms with van der Waals surface area (Å²) in [6, 6.07) is 6.16. The number of fused-ring (bicyclic) bond motifs is 1. The first-order valence-electron chi connectivity index (χ1n) is 8.21. The first-order chi connectivity index (χ1) is 11.8. The van der Waals surface area contributed by atoms with Crippen molar-refractivity contribution in [1.82, 2.24) is 0 Å².